The van der Waals surface area contributed by atoms with Gasteiger partial charge in [-0.2, -0.15) is 5.26 Å². The molecule has 0 radical (unpaired) electrons. The van der Waals surface area contributed by atoms with Gasteiger partial charge in [-0.25, -0.2) is 0 Å². The minimum Gasteiger partial charge on any atom is -0.497 e. The molecular formula is C20H16N4O2. The van der Waals surface area contributed by atoms with Crippen molar-refractivity contribution < 1.29 is 9.47 Å². The molecule has 0 aliphatic carbocycles. The van der Waals surface area contributed by atoms with Crippen LogP contribution in [0.1, 0.15) is 17.0 Å². The van der Waals surface area contributed by atoms with E-state index in [0.717, 1.165) is 22.4 Å². The van der Waals surface area contributed by atoms with Crippen molar-refractivity contribution in [3.8, 4) is 29.0 Å². The van der Waals surface area contributed by atoms with Gasteiger partial charge in [-0.15, -0.1) is 5.10 Å². The molecule has 0 saturated heterocycles. The van der Waals surface area contributed by atoms with E-state index in [1.54, 1.807) is 7.11 Å². The molecule has 6 nitrogen and oxygen atoms in total. The van der Waals surface area contributed by atoms with Gasteiger partial charge in [0.15, 0.2) is 0 Å². The van der Waals surface area contributed by atoms with E-state index in [1.807, 2.05) is 54.6 Å². The largest absolute Gasteiger partial charge is 0.497 e. The summed E-state index contributed by atoms with van der Waals surface area (Å²) in [5.41, 5.74) is 9.77. The normalized spacial score (nSPS) is 15.8. The smallest absolute Gasteiger partial charge is 0.244 e. The Labute approximate surface area is 150 Å². The van der Waals surface area contributed by atoms with Gasteiger partial charge >= 0.3 is 0 Å². The summed E-state index contributed by atoms with van der Waals surface area (Å²) in [5.74, 6) is 0.760. The minimum absolute atomic E-state index is 0.0685. The van der Waals surface area contributed by atoms with Gasteiger partial charge < -0.3 is 15.2 Å². The summed E-state index contributed by atoms with van der Waals surface area (Å²) in [6.45, 7) is 0. The Bertz CT molecular complexity index is 1030. The second kappa shape index (κ2) is 6.30. The van der Waals surface area contributed by atoms with Crippen molar-refractivity contribution in [1.29, 1.82) is 5.26 Å². The first-order valence-corrected chi connectivity index (χ1v) is 8.08. The van der Waals surface area contributed by atoms with Crippen molar-refractivity contribution >= 4 is 0 Å². The van der Waals surface area contributed by atoms with E-state index in [2.05, 4.69) is 16.3 Å². The Balaban J connectivity index is 1.95. The zero-order valence-electron chi connectivity index (χ0n) is 14.1. The summed E-state index contributed by atoms with van der Waals surface area (Å²) in [6.07, 6.45) is 0. The fourth-order valence-corrected chi connectivity index (χ4v) is 3.22. The second-order valence-electron chi connectivity index (χ2n) is 5.88. The molecule has 1 aliphatic heterocycles. The molecule has 0 fully saturated rings. The molecule has 128 valence electrons. The number of aromatic amines is 1. The molecule has 0 saturated carbocycles. The highest BCUT2D eigenvalue weighted by molar-refractivity contribution is 5.70. The van der Waals surface area contributed by atoms with Gasteiger partial charge in [0, 0.05) is 0 Å². The number of methoxy groups -OCH3 is 1. The van der Waals surface area contributed by atoms with Crippen LogP contribution in [-0.2, 0) is 0 Å². The molecule has 0 bridgehead atoms. The number of nitrogens with zero attached hydrogens (tertiary/aromatic N) is 2. The molecule has 2 aromatic carbocycles. The molecule has 4 rings (SSSR count). The first kappa shape index (κ1) is 15.8. The Hall–Kier alpha value is -3.72. The van der Waals surface area contributed by atoms with E-state index in [4.69, 9.17) is 15.2 Å². The van der Waals surface area contributed by atoms with Crippen LogP contribution in [0.4, 0.5) is 0 Å². The van der Waals surface area contributed by atoms with E-state index in [1.165, 1.54) is 0 Å². The maximum atomic E-state index is 9.71. The SMILES string of the molecule is COc1cccc([C@H]2C(C#N)=C(N)Oc3n[nH]c(-c4ccccc4)c32)c1. The van der Waals surface area contributed by atoms with Crippen LogP contribution < -0.4 is 15.2 Å². The average molecular weight is 344 g/mol. The molecule has 1 atom stereocenters. The van der Waals surface area contributed by atoms with Crippen LogP contribution in [0.3, 0.4) is 0 Å². The number of ether oxygens (including phenoxy) is 2. The summed E-state index contributed by atoms with van der Waals surface area (Å²) in [4.78, 5) is 0. The molecule has 26 heavy (non-hydrogen) atoms. The number of nitriles is 1. The number of nitrogens with two attached hydrogens (primary N) is 1. The number of rotatable bonds is 3. The van der Waals surface area contributed by atoms with Crippen LogP contribution >= 0.6 is 0 Å². The highest BCUT2D eigenvalue weighted by Crippen LogP contribution is 2.45. The third kappa shape index (κ3) is 2.47. The Morgan fingerprint density at radius 2 is 2.00 bits per heavy atom. The summed E-state index contributed by atoms with van der Waals surface area (Å²) >= 11 is 0. The first-order valence-electron chi connectivity index (χ1n) is 8.08. The molecule has 0 spiro atoms. The van der Waals surface area contributed by atoms with E-state index >= 15 is 0 Å². The number of H-pyrrole nitrogens is 1. The molecule has 3 aromatic rings. The summed E-state index contributed by atoms with van der Waals surface area (Å²) in [5, 5.41) is 17.0. The lowest BCUT2D eigenvalue weighted by molar-refractivity contribution is 0.378. The molecule has 0 unspecified atom stereocenters. The predicted octanol–water partition coefficient (Wildman–Crippen LogP) is 3.30. The fourth-order valence-electron chi connectivity index (χ4n) is 3.22. The van der Waals surface area contributed by atoms with Crippen LogP contribution in [0, 0.1) is 11.3 Å². The van der Waals surface area contributed by atoms with Crippen molar-refractivity contribution in [1.82, 2.24) is 10.2 Å². The quantitative estimate of drug-likeness (QED) is 0.760. The lowest BCUT2D eigenvalue weighted by atomic mass is 9.83. The molecular weight excluding hydrogens is 328 g/mol. The monoisotopic (exact) mass is 344 g/mol. The van der Waals surface area contributed by atoms with Crippen molar-refractivity contribution in [3.63, 3.8) is 0 Å². The summed E-state index contributed by atoms with van der Waals surface area (Å²) in [7, 11) is 1.61. The average Bonchev–Trinajstić information content (AvgIpc) is 3.10. The lowest BCUT2D eigenvalue weighted by Crippen LogP contribution is -2.21. The third-order valence-corrected chi connectivity index (χ3v) is 4.43. The van der Waals surface area contributed by atoms with E-state index in [-0.39, 0.29) is 5.88 Å². The van der Waals surface area contributed by atoms with E-state index in [9.17, 15) is 5.26 Å². The third-order valence-electron chi connectivity index (χ3n) is 4.43. The van der Waals surface area contributed by atoms with Gasteiger partial charge in [-0.05, 0) is 23.3 Å². The van der Waals surface area contributed by atoms with Gasteiger partial charge in [0.05, 0.1) is 24.3 Å². The lowest BCUT2D eigenvalue weighted by Gasteiger charge is -2.24. The van der Waals surface area contributed by atoms with Crippen LogP contribution in [0.25, 0.3) is 11.3 Å². The highest BCUT2D eigenvalue weighted by atomic mass is 16.5. The Kier molecular flexibility index (Phi) is 3.82. The van der Waals surface area contributed by atoms with E-state index in [0.29, 0.717) is 17.2 Å². The number of hydrogen-bond acceptors (Lipinski definition) is 5. The standard InChI is InChI=1S/C20H16N4O2/c1-25-14-9-5-8-13(10-14)16-15(11-21)19(22)26-20-17(16)18(23-24-20)12-6-3-2-4-7-12/h2-10,16H,22H2,1H3,(H,23,24)/t16-/m0/s1. The molecule has 1 aliphatic rings. The number of fused-ring (bicyclic) bond motifs is 1. The zero-order chi connectivity index (χ0) is 18.1. The predicted molar refractivity (Wildman–Crippen MR) is 96.3 cm³/mol. The van der Waals surface area contributed by atoms with Gasteiger partial charge in [0.2, 0.25) is 11.8 Å². The molecule has 2 heterocycles. The van der Waals surface area contributed by atoms with Crippen molar-refractivity contribution in [2.24, 2.45) is 5.73 Å². The van der Waals surface area contributed by atoms with Crippen molar-refractivity contribution in [2.75, 3.05) is 7.11 Å². The van der Waals surface area contributed by atoms with Crippen LogP contribution in [0.15, 0.2) is 66.1 Å². The number of nitrogens with one attached hydrogen (secondary N) is 1. The van der Waals surface area contributed by atoms with Gasteiger partial charge in [0.25, 0.3) is 0 Å². The van der Waals surface area contributed by atoms with E-state index < -0.39 is 5.92 Å². The number of allylic oxidation sites excluding steroid dienone is 1. The number of aromatic nitrogens is 2. The van der Waals surface area contributed by atoms with Crippen molar-refractivity contribution in [2.45, 2.75) is 5.92 Å². The summed E-state index contributed by atoms with van der Waals surface area (Å²) in [6, 6.07) is 19.6. The van der Waals surface area contributed by atoms with Crippen LogP contribution in [-0.4, -0.2) is 17.3 Å². The van der Waals surface area contributed by atoms with Crippen molar-refractivity contribution in [3.05, 3.63) is 77.2 Å². The minimum atomic E-state index is -0.396. The maximum absolute atomic E-state index is 9.71. The number of hydrogen-bond donors (Lipinski definition) is 2. The number of benzene rings is 2. The maximum Gasteiger partial charge on any atom is 0.244 e. The molecule has 3 N–H and O–H groups in total. The Morgan fingerprint density at radius 1 is 1.19 bits per heavy atom. The summed E-state index contributed by atoms with van der Waals surface area (Å²) < 4.78 is 10.9. The Morgan fingerprint density at radius 3 is 2.73 bits per heavy atom. The molecule has 0 amide bonds. The molecule has 1 aromatic heterocycles. The second-order valence-corrected chi connectivity index (χ2v) is 5.88. The van der Waals surface area contributed by atoms with Gasteiger partial charge in [0.1, 0.15) is 17.4 Å². The van der Waals surface area contributed by atoms with Crippen LogP contribution in [0.2, 0.25) is 0 Å². The zero-order valence-corrected chi connectivity index (χ0v) is 14.1. The highest BCUT2D eigenvalue weighted by Gasteiger charge is 2.35. The van der Waals surface area contributed by atoms with Gasteiger partial charge in [-0.1, -0.05) is 42.5 Å². The molecule has 6 heteroatoms. The fraction of sp³-hybridized carbons (Fsp3) is 0.100. The first-order chi connectivity index (χ1) is 12.7. The van der Waals surface area contributed by atoms with Gasteiger partial charge in [-0.3, -0.25) is 5.10 Å². The topological polar surface area (TPSA) is 96.9 Å². The van der Waals surface area contributed by atoms with Crippen LogP contribution in [0.5, 0.6) is 11.6 Å².